The van der Waals surface area contributed by atoms with Crippen LogP contribution in [0.4, 0.5) is 0 Å². The fourth-order valence-corrected chi connectivity index (χ4v) is 4.04. The minimum atomic E-state index is -0.117. The Labute approximate surface area is 156 Å². The number of hydrogen-bond donors (Lipinski definition) is 0. The fraction of sp³-hybridized carbons (Fsp3) is 0.0556. The molecule has 0 saturated heterocycles. The van der Waals surface area contributed by atoms with Crippen molar-refractivity contribution in [2.24, 2.45) is 0 Å². The molecule has 0 aliphatic heterocycles. The van der Waals surface area contributed by atoms with Gasteiger partial charge in [-0.3, -0.25) is 4.79 Å². The van der Waals surface area contributed by atoms with Crippen LogP contribution in [0.15, 0.2) is 58.2 Å². The van der Waals surface area contributed by atoms with Crippen LogP contribution in [0.2, 0.25) is 5.02 Å². The Balaban J connectivity index is 1.86. The van der Waals surface area contributed by atoms with Gasteiger partial charge in [-0.25, -0.2) is 4.40 Å². The monoisotopic (exact) mass is 385 g/mol. The average Bonchev–Trinajstić information content (AvgIpc) is 3.17. The van der Waals surface area contributed by atoms with Gasteiger partial charge in [0.2, 0.25) is 4.96 Å². The second-order valence-corrected chi connectivity index (χ2v) is 7.67. The third-order valence-electron chi connectivity index (χ3n) is 3.74. The summed E-state index contributed by atoms with van der Waals surface area (Å²) in [5, 5.41) is 8.88. The van der Waals surface area contributed by atoms with Gasteiger partial charge in [-0.2, -0.15) is 0 Å². The molecule has 7 heteroatoms. The Morgan fingerprint density at radius 2 is 1.96 bits per heavy atom. The molecule has 0 fully saturated rings. The predicted octanol–water partition coefficient (Wildman–Crippen LogP) is 3.74. The standard InChI is InChI=1S/C18H12ClN3OS2/c1-24-14-7-5-11(6-8-14)9-15-17(23)22-16(20-21-18(22)25-15)12-3-2-4-13(19)10-12/h2-10H,1H3/b15-9-. The van der Waals surface area contributed by atoms with E-state index in [4.69, 9.17) is 11.6 Å². The Hall–Kier alpha value is -2.15. The summed E-state index contributed by atoms with van der Waals surface area (Å²) in [5.74, 6) is 0.510. The molecule has 0 aliphatic carbocycles. The molecule has 0 N–H and O–H groups in total. The summed E-state index contributed by atoms with van der Waals surface area (Å²) < 4.78 is 2.17. The minimum Gasteiger partial charge on any atom is -0.267 e. The topological polar surface area (TPSA) is 47.3 Å². The van der Waals surface area contributed by atoms with Gasteiger partial charge in [-0.05, 0) is 42.2 Å². The predicted molar refractivity (Wildman–Crippen MR) is 105 cm³/mol. The minimum absolute atomic E-state index is 0.117. The van der Waals surface area contributed by atoms with Gasteiger partial charge in [0.25, 0.3) is 5.56 Å². The van der Waals surface area contributed by atoms with Gasteiger partial charge >= 0.3 is 0 Å². The van der Waals surface area contributed by atoms with E-state index in [-0.39, 0.29) is 5.56 Å². The molecule has 0 amide bonds. The van der Waals surface area contributed by atoms with Crippen LogP contribution >= 0.6 is 34.7 Å². The normalized spacial score (nSPS) is 12.2. The molecule has 0 radical (unpaired) electrons. The number of thioether (sulfide) groups is 1. The largest absolute Gasteiger partial charge is 0.276 e. The fourth-order valence-electron chi connectivity index (χ4n) is 2.53. The van der Waals surface area contributed by atoms with Crippen LogP contribution in [0.1, 0.15) is 5.56 Å². The highest BCUT2D eigenvalue weighted by atomic mass is 35.5. The van der Waals surface area contributed by atoms with E-state index in [1.54, 1.807) is 28.3 Å². The summed E-state index contributed by atoms with van der Waals surface area (Å²) in [7, 11) is 0. The van der Waals surface area contributed by atoms with Gasteiger partial charge in [0.15, 0.2) is 5.82 Å². The Morgan fingerprint density at radius 1 is 1.16 bits per heavy atom. The lowest BCUT2D eigenvalue weighted by molar-refractivity contribution is 1.09. The Morgan fingerprint density at radius 3 is 2.68 bits per heavy atom. The lowest BCUT2D eigenvalue weighted by Crippen LogP contribution is -2.23. The van der Waals surface area contributed by atoms with E-state index < -0.39 is 0 Å². The number of rotatable bonds is 3. The van der Waals surface area contributed by atoms with Crippen molar-refractivity contribution in [2.45, 2.75) is 4.90 Å². The van der Waals surface area contributed by atoms with Gasteiger partial charge in [-0.15, -0.1) is 22.0 Å². The van der Waals surface area contributed by atoms with E-state index >= 15 is 0 Å². The molecule has 124 valence electrons. The Kier molecular flexibility index (Phi) is 4.33. The molecule has 2 aromatic heterocycles. The molecule has 0 bridgehead atoms. The van der Waals surface area contributed by atoms with Crippen LogP contribution in [-0.4, -0.2) is 20.9 Å². The van der Waals surface area contributed by atoms with Gasteiger partial charge in [-0.1, -0.05) is 47.2 Å². The summed E-state index contributed by atoms with van der Waals surface area (Å²) in [6, 6.07) is 15.3. The van der Waals surface area contributed by atoms with Crippen LogP contribution < -0.4 is 10.1 Å². The highest BCUT2D eigenvalue weighted by Gasteiger charge is 2.14. The number of fused-ring (bicyclic) bond motifs is 1. The van der Waals surface area contributed by atoms with Gasteiger partial charge in [0, 0.05) is 15.5 Å². The summed E-state index contributed by atoms with van der Waals surface area (Å²) in [5.41, 5.74) is 1.64. The summed E-state index contributed by atoms with van der Waals surface area (Å²) in [4.78, 5) is 14.6. The molecular formula is C18H12ClN3OS2. The first-order valence-corrected chi connectivity index (χ1v) is 9.87. The van der Waals surface area contributed by atoms with Gasteiger partial charge in [0.05, 0.1) is 4.53 Å². The summed E-state index contributed by atoms with van der Waals surface area (Å²) >= 11 is 9.07. The van der Waals surface area contributed by atoms with Crippen molar-refractivity contribution in [1.29, 1.82) is 0 Å². The van der Waals surface area contributed by atoms with E-state index in [9.17, 15) is 4.79 Å². The Bertz CT molecular complexity index is 1170. The number of thiazole rings is 1. The van der Waals surface area contributed by atoms with Crippen molar-refractivity contribution < 1.29 is 0 Å². The van der Waals surface area contributed by atoms with E-state index in [0.29, 0.717) is 20.3 Å². The highest BCUT2D eigenvalue weighted by molar-refractivity contribution is 7.98. The number of nitrogens with zero attached hydrogens (tertiary/aromatic N) is 3. The summed E-state index contributed by atoms with van der Waals surface area (Å²) in [6.45, 7) is 0. The number of halogens is 1. The first-order chi connectivity index (χ1) is 12.2. The first kappa shape index (κ1) is 16.3. The first-order valence-electron chi connectivity index (χ1n) is 7.45. The van der Waals surface area contributed by atoms with Crippen LogP contribution in [0.5, 0.6) is 0 Å². The lowest BCUT2D eigenvalue weighted by atomic mass is 10.2. The molecule has 0 spiro atoms. The van der Waals surface area contributed by atoms with Crippen LogP contribution in [-0.2, 0) is 0 Å². The van der Waals surface area contributed by atoms with E-state index in [1.807, 2.05) is 48.7 Å². The SMILES string of the molecule is CSc1ccc(/C=c2\sc3nnc(-c4cccc(Cl)c4)n3c2=O)cc1. The van der Waals surface area contributed by atoms with Crippen molar-refractivity contribution >= 4 is 45.7 Å². The molecular weight excluding hydrogens is 374 g/mol. The van der Waals surface area contributed by atoms with Crippen LogP contribution in [0, 0.1) is 0 Å². The summed E-state index contributed by atoms with van der Waals surface area (Å²) in [6.07, 6.45) is 3.92. The highest BCUT2D eigenvalue weighted by Crippen LogP contribution is 2.21. The van der Waals surface area contributed by atoms with E-state index in [1.165, 1.54) is 16.2 Å². The third-order valence-corrected chi connectivity index (χ3v) is 5.68. The molecule has 0 unspecified atom stereocenters. The molecule has 4 nitrogen and oxygen atoms in total. The van der Waals surface area contributed by atoms with Crippen molar-refractivity contribution in [1.82, 2.24) is 14.6 Å². The van der Waals surface area contributed by atoms with E-state index in [2.05, 4.69) is 10.2 Å². The lowest BCUT2D eigenvalue weighted by Gasteiger charge is -1.97. The average molecular weight is 386 g/mol. The number of benzene rings is 2. The van der Waals surface area contributed by atoms with Crippen molar-refractivity contribution in [3.05, 3.63) is 74.0 Å². The van der Waals surface area contributed by atoms with Gasteiger partial charge in [0.1, 0.15) is 0 Å². The molecule has 4 rings (SSSR count). The second-order valence-electron chi connectivity index (χ2n) is 5.34. The molecule has 2 aromatic carbocycles. The molecule has 0 atom stereocenters. The number of aromatic nitrogens is 3. The maximum atomic E-state index is 12.8. The zero-order valence-electron chi connectivity index (χ0n) is 13.1. The molecule has 2 heterocycles. The third kappa shape index (κ3) is 3.08. The van der Waals surface area contributed by atoms with Crippen molar-refractivity contribution in [3.63, 3.8) is 0 Å². The maximum Gasteiger partial charge on any atom is 0.276 e. The number of hydrogen-bond acceptors (Lipinski definition) is 5. The molecule has 0 saturated carbocycles. The zero-order chi connectivity index (χ0) is 17.4. The van der Waals surface area contributed by atoms with Crippen LogP contribution in [0.3, 0.4) is 0 Å². The van der Waals surface area contributed by atoms with E-state index in [0.717, 1.165) is 11.1 Å². The second kappa shape index (κ2) is 6.63. The van der Waals surface area contributed by atoms with Gasteiger partial charge < -0.3 is 0 Å². The van der Waals surface area contributed by atoms with Crippen LogP contribution in [0.25, 0.3) is 22.4 Å². The molecule has 25 heavy (non-hydrogen) atoms. The molecule has 4 aromatic rings. The zero-order valence-corrected chi connectivity index (χ0v) is 15.5. The quantitative estimate of drug-likeness (QED) is 0.504. The van der Waals surface area contributed by atoms with Crippen molar-refractivity contribution in [2.75, 3.05) is 6.26 Å². The molecule has 0 aliphatic rings. The maximum absolute atomic E-state index is 12.8. The van der Waals surface area contributed by atoms with Crippen molar-refractivity contribution in [3.8, 4) is 11.4 Å². The smallest absolute Gasteiger partial charge is 0.267 e.